The zero-order valence-electron chi connectivity index (χ0n) is 30.3. The molecule has 1 saturated heterocycles. The van der Waals surface area contributed by atoms with Crippen molar-refractivity contribution in [2.24, 2.45) is 0 Å². The van der Waals surface area contributed by atoms with E-state index in [-0.39, 0.29) is 22.4 Å². The lowest BCUT2D eigenvalue weighted by Gasteiger charge is -2.45. The van der Waals surface area contributed by atoms with E-state index in [0.29, 0.717) is 13.0 Å². The third kappa shape index (κ3) is 12.9. The fraction of sp³-hybridized carbons (Fsp3) is 0.882. The van der Waals surface area contributed by atoms with Gasteiger partial charge >= 0.3 is 13.3 Å². The molecule has 1 aliphatic rings. The summed E-state index contributed by atoms with van der Waals surface area (Å²) in [5.74, 6) is -3.20. The van der Waals surface area contributed by atoms with Crippen molar-refractivity contribution in [3.8, 4) is 0 Å². The molecular weight excluding hydrogens is 675 g/mol. The van der Waals surface area contributed by atoms with Crippen LogP contribution >= 0.6 is 7.60 Å². The summed E-state index contributed by atoms with van der Waals surface area (Å²) in [5.41, 5.74) is -2.21. The molecule has 1 aromatic rings. The molecule has 1 aliphatic heterocycles. The van der Waals surface area contributed by atoms with Gasteiger partial charge in [-0.25, -0.2) is 9.36 Å². The number of rotatable bonds is 25. The Bertz CT molecular complexity index is 1300. The normalized spacial score (nSPS) is 24.1. The fourth-order valence-electron chi connectivity index (χ4n) is 6.43. The van der Waals surface area contributed by atoms with Crippen LogP contribution in [0.5, 0.6) is 0 Å². The molecule has 0 bridgehead atoms. The number of nitrogens with zero attached hydrogens (tertiary/aromatic N) is 2. The molecule has 7 N–H and O–H groups in total. The lowest BCUT2D eigenvalue weighted by atomic mass is 9.96. The number of aromatic nitrogens is 2. The Morgan fingerprint density at radius 3 is 1.86 bits per heavy atom. The number of aliphatic hydroxyl groups excluding tert-OH is 4. The van der Waals surface area contributed by atoms with E-state index in [0.717, 1.165) is 30.3 Å². The van der Waals surface area contributed by atoms with E-state index in [1.54, 1.807) is 6.92 Å². The van der Waals surface area contributed by atoms with Crippen molar-refractivity contribution in [3.63, 3.8) is 0 Å². The molecule has 2 heterocycles. The van der Waals surface area contributed by atoms with E-state index in [1.807, 2.05) is 0 Å². The van der Waals surface area contributed by atoms with Crippen LogP contribution in [0.4, 0.5) is 0 Å². The standard InChI is InChI=1S/C34H63N2O13P/c1-5-7-8-9-10-11-12-13-14-15-16-17-18-19-20-47-26(6-2)28-25(4)32(41)36(33(42)35(28)21-24(3)48-23-50(44,45)46)34(43)31(40)30(39)29(38)27(22-37)49-34/h24,26-27,29-31,37-40,43H,5-23H2,1-4H3,(H2,44,45,46)/t24?,26?,27-,29+,30+,31-,34+/m1/s1. The minimum absolute atomic E-state index is 0.0648. The fourth-order valence-corrected chi connectivity index (χ4v) is 6.88. The summed E-state index contributed by atoms with van der Waals surface area (Å²) < 4.78 is 29.5. The second-order valence-corrected chi connectivity index (χ2v) is 15.2. The van der Waals surface area contributed by atoms with Gasteiger partial charge in [-0.05, 0) is 26.7 Å². The number of hydrogen-bond acceptors (Lipinski definition) is 11. The summed E-state index contributed by atoms with van der Waals surface area (Å²) in [4.78, 5) is 46.4. The highest BCUT2D eigenvalue weighted by Gasteiger charge is 2.56. The Morgan fingerprint density at radius 2 is 1.38 bits per heavy atom. The minimum atomic E-state index is -4.56. The molecule has 15 nitrogen and oxygen atoms in total. The number of aliphatic hydroxyl groups is 5. The first-order valence-electron chi connectivity index (χ1n) is 18.3. The molecule has 0 aliphatic carbocycles. The van der Waals surface area contributed by atoms with E-state index >= 15 is 0 Å². The predicted molar refractivity (Wildman–Crippen MR) is 187 cm³/mol. The van der Waals surface area contributed by atoms with Gasteiger partial charge in [-0.1, -0.05) is 97.3 Å². The van der Waals surface area contributed by atoms with Gasteiger partial charge in [0.15, 0.2) is 6.10 Å². The highest BCUT2D eigenvalue weighted by molar-refractivity contribution is 7.51. The first-order valence-corrected chi connectivity index (χ1v) is 20.1. The Labute approximate surface area is 295 Å². The van der Waals surface area contributed by atoms with Gasteiger partial charge in [-0.15, -0.1) is 0 Å². The van der Waals surface area contributed by atoms with Crippen molar-refractivity contribution >= 4 is 7.60 Å². The van der Waals surface area contributed by atoms with E-state index in [4.69, 9.17) is 14.2 Å². The van der Waals surface area contributed by atoms with Gasteiger partial charge in [-0.3, -0.25) is 13.9 Å². The maximum atomic E-state index is 14.1. The van der Waals surface area contributed by atoms with E-state index in [2.05, 4.69) is 6.92 Å². The van der Waals surface area contributed by atoms with Crippen molar-refractivity contribution in [1.29, 1.82) is 0 Å². The van der Waals surface area contributed by atoms with Gasteiger partial charge in [0, 0.05) is 12.2 Å². The molecule has 0 aromatic carbocycles. The van der Waals surface area contributed by atoms with Gasteiger partial charge < -0.3 is 49.5 Å². The molecule has 16 heteroatoms. The van der Waals surface area contributed by atoms with Gasteiger partial charge in [0.2, 0.25) is 0 Å². The zero-order valence-corrected chi connectivity index (χ0v) is 31.2. The average molecular weight is 739 g/mol. The summed E-state index contributed by atoms with van der Waals surface area (Å²) in [6, 6.07) is 0. The lowest BCUT2D eigenvalue weighted by molar-refractivity contribution is -0.393. The number of ether oxygens (including phenoxy) is 3. The van der Waals surface area contributed by atoms with E-state index in [1.165, 1.54) is 78.1 Å². The number of hydrogen-bond donors (Lipinski definition) is 7. The van der Waals surface area contributed by atoms with Gasteiger partial charge in [0.05, 0.1) is 31.1 Å². The molecule has 0 spiro atoms. The molecular formula is C34H63N2O13P. The molecule has 2 unspecified atom stereocenters. The predicted octanol–water partition coefficient (Wildman–Crippen LogP) is 2.88. The summed E-state index contributed by atoms with van der Waals surface area (Å²) in [7, 11) is -4.56. The van der Waals surface area contributed by atoms with Gasteiger partial charge in [0.1, 0.15) is 24.7 Å². The number of unbranched alkanes of at least 4 members (excludes halogenated alkanes) is 13. The van der Waals surface area contributed by atoms with Crippen LogP contribution in [0.15, 0.2) is 9.59 Å². The maximum Gasteiger partial charge on any atom is 0.350 e. The first-order chi connectivity index (χ1) is 23.6. The van der Waals surface area contributed by atoms with Crippen LogP contribution in [0.25, 0.3) is 0 Å². The highest BCUT2D eigenvalue weighted by Crippen LogP contribution is 2.35. The summed E-state index contributed by atoms with van der Waals surface area (Å²) in [5, 5.41) is 52.4. The monoisotopic (exact) mass is 738 g/mol. The van der Waals surface area contributed by atoms with E-state index < -0.39 is 74.3 Å². The molecule has 2 rings (SSSR count). The summed E-state index contributed by atoms with van der Waals surface area (Å²) in [6.07, 6.45) is 6.44. The highest BCUT2D eigenvalue weighted by atomic mass is 31.2. The van der Waals surface area contributed by atoms with E-state index in [9.17, 15) is 49.5 Å². The Balaban J connectivity index is 2.19. The molecule has 1 fully saturated rings. The molecule has 7 atom stereocenters. The van der Waals surface area contributed by atoms with Crippen LogP contribution in [-0.2, 0) is 31.2 Å². The Kier molecular flexibility index (Phi) is 19.6. The Hall–Kier alpha value is -1.49. The second-order valence-electron chi connectivity index (χ2n) is 13.6. The average Bonchev–Trinajstić information content (AvgIpc) is 3.07. The molecule has 0 radical (unpaired) electrons. The maximum absolute atomic E-state index is 14.1. The summed E-state index contributed by atoms with van der Waals surface area (Å²) in [6.45, 7) is 5.93. The molecule has 292 valence electrons. The van der Waals surface area contributed by atoms with Gasteiger partial charge in [-0.2, -0.15) is 0 Å². The van der Waals surface area contributed by atoms with Crippen molar-refractivity contribution in [1.82, 2.24) is 9.13 Å². The van der Waals surface area contributed by atoms with Crippen molar-refractivity contribution < 1.29 is 54.1 Å². The quantitative estimate of drug-likeness (QED) is 0.0566. The van der Waals surface area contributed by atoms with Crippen molar-refractivity contribution in [3.05, 3.63) is 32.1 Å². The topological polar surface area (TPSA) is 230 Å². The van der Waals surface area contributed by atoms with Crippen LogP contribution in [0, 0.1) is 6.92 Å². The minimum Gasteiger partial charge on any atom is -0.394 e. The molecule has 50 heavy (non-hydrogen) atoms. The van der Waals surface area contributed by atoms with Crippen molar-refractivity contribution in [2.75, 3.05) is 19.6 Å². The SMILES string of the molecule is CCCCCCCCCCCCCCCCOC(CC)c1c(C)c(=O)n([C@@]2(O)O[C@H](CO)[C@H](O)[C@H](O)[C@H]2O)c(=O)n1CC(C)OCP(=O)(O)O. The summed E-state index contributed by atoms with van der Waals surface area (Å²) >= 11 is 0. The molecule has 0 amide bonds. The van der Waals surface area contributed by atoms with Crippen LogP contribution in [0.3, 0.4) is 0 Å². The van der Waals surface area contributed by atoms with Gasteiger partial charge in [0.25, 0.3) is 11.5 Å². The largest absolute Gasteiger partial charge is 0.394 e. The van der Waals surface area contributed by atoms with Crippen LogP contribution in [-0.4, -0.2) is 94.5 Å². The second kappa shape index (κ2) is 21.9. The third-order valence-electron chi connectivity index (χ3n) is 9.35. The van der Waals surface area contributed by atoms with Crippen LogP contribution in [0.1, 0.15) is 134 Å². The Morgan fingerprint density at radius 1 is 0.860 bits per heavy atom. The van der Waals surface area contributed by atoms with Crippen LogP contribution in [0.2, 0.25) is 0 Å². The molecule has 1 aromatic heterocycles. The lowest BCUT2D eigenvalue weighted by Crippen LogP contribution is -2.70. The third-order valence-corrected chi connectivity index (χ3v) is 9.83. The smallest absolute Gasteiger partial charge is 0.350 e. The first kappa shape index (κ1) is 44.7. The van der Waals surface area contributed by atoms with Crippen LogP contribution < -0.4 is 11.2 Å². The zero-order chi connectivity index (χ0) is 37.5. The van der Waals surface area contributed by atoms with Crippen molar-refractivity contribution in [2.45, 2.75) is 173 Å². The molecule has 0 saturated carbocycles.